The number of sulfonamides is 1. The second-order valence-electron chi connectivity index (χ2n) is 5.91. The molecule has 0 spiro atoms. The van der Waals surface area contributed by atoms with E-state index in [4.69, 9.17) is 14.2 Å². The SMILES string of the molecule is O=C(OCCN1C(=O)c2ccccc2S1(=O)=O)[C@H]1COc2ccccc2O1. The van der Waals surface area contributed by atoms with Crippen LogP contribution in [0, 0.1) is 0 Å². The second kappa shape index (κ2) is 6.58. The summed E-state index contributed by atoms with van der Waals surface area (Å²) < 4.78 is 41.6. The van der Waals surface area contributed by atoms with Crippen LogP contribution in [0.15, 0.2) is 53.4 Å². The van der Waals surface area contributed by atoms with Gasteiger partial charge in [0, 0.05) is 0 Å². The fraction of sp³-hybridized carbons (Fsp3) is 0.222. The van der Waals surface area contributed by atoms with Crippen LogP contribution in [0.3, 0.4) is 0 Å². The summed E-state index contributed by atoms with van der Waals surface area (Å²) in [7, 11) is -3.92. The van der Waals surface area contributed by atoms with Gasteiger partial charge in [0.2, 0.25) is 6.10 Å². The number of benzene rings is 2. The number of fused-ring (bicyclic) bond motifs is 2. The van der Waals surface area contributed by atoms with Gasteiger partial charge in [-0.2, -0.15) is 0 Å². The predicted octanol–water partition coefficient (Wildman–Crippen LogP) is 1.21. The molecule has 4 rings (SSSR count). The molecule has 0 fully saturated rings. The molecule has 0 aliphatic carbocycles. The molecule has 0 saturated heterocycles. The molecular weight excluding hydrogens is 374 g/mol. The van der Waals surface area contributed by atoms with Crippen molar-refractivity contribution in [2.45, 2.75) is 11.0 Å². The van der Waals surface area contributed by atoms with E-state index in [1.165, 1.54) is 12.1 Å². The Morgan fingerprint density at radius 2 is 1.81 bits per heavy atom. The van der Waals surface area contributed by atoms with Gasteiger partial charge in [0.1, 0.15) is 18.1 Å². The molecule has 0 bridgehead atoms. The third-order valence-electron chi connectivity index (χ3n) is 4.22. The molecule has 2 heterocycles. The van der Waals surface area contributed by atoms with Gasteiger partial charge < -0.3 is 14.2 Å². The second-order valence-corrected chi connectivity index (χ2v) is 7.74. The van der Waals surface area contributed by atoms with Crippen molar-refractivity contribution in [2.75, 3.05) is 19.8 Å². The summed E-state index contributed by atoms with van der Waals surface area (Å²) >= 11 is 0. The molecule has 1 amide bonds. The lowest BCUT2D eigenvalue weighted by molar-refractivity contribution is -0.154. The lowest BCUT2D eigenvalue weighted by Gasteiger charge is -2.25. The number of amides is 1. The van der Waals surface area contributed by atoms with Gasteiger partial charge in [-0.1, -0.05) is 24.3 Å². The predicted molar refractivity (Wildman–Crippen MR) is 92.0 cm³/mol. The number of carbonyl (C=O) groups excluding carboxylic acids is 2. The van der Waals surface area contributed by atoms with Crippen molar-refractivity contribution < 1.29 is 32.2 Å². The van der Waals surface area contributed by atoms with Gasteiger partial charge in [-0.15, -0.1) is 0 Å². The zero-order chi connectivity index (χ0) is 19.0. The minimum atomic E-state index is -3.92. The number of para-hydroxylation sites is 2. The zero-order valence-electron chi connectivity index (χ0n) is 14.0. The van der Waals surface area contributed by atoms with Gasteiger partial charge in [0.15, 0.2) is 11.5 Å². The number of rotatable bonds is 4. The van der Waals surface area contributed by atoms with Crippen LogP contribution in [0.5, 0.6) is 11.5 Å². The number of ether oxygens (including phenoxy) is 3. The van der Waals surface area contributed by atoms with Crippen molar-refractivity contribution in [3.63, 3.8) is 0 Å². The molecule has 8 nitrogen and oxygen atoms in total. The van der Waals surface area contributed by atoms with Crippen molar-refractivity contribution >= 4 is 21.9 Å². The summed E-state index contributed by atoms with van der Waals surface area (Å²) in [5.41, 5.74) is 0.115. The van der Waals surface area contributed by atoms with Crippen LogP contribution in [-0.4, -0.2) is 50.5 Å². The highest BCUT2D eigenvalue weighted by atomic mass is 32.2. The van der Waals surface area contributed by atoms with Gasteiger partial charge in [0.25, 0.3) is 15.9 Å². The van der Waals surface area contributed by atoms with Gasteiger partial charge >= 0.3 is 5.97 Å². The van der Waals surface area contributed by atoms with E-state index in [1.54, 1.807) is 36.4 Å². The highest BCUT2D eigenvalue weighted by Crippen LogP contribution is 2.31. The summed E-state index contributed by atoms with van der Waals surface area (Å²) in [4.78, 5) is 24.4. The highest BCUT2D eigenvalue weighted by Gasteiger charge is 2.40. The third-order valence-corrected chi connectivity index (χ3v) is 6.06. The maximum absolute atomic E-state index is 12.4. The van der Waals surface area contributed by atoms with Gasteiger partial charge in [-0.3, -0.25) is 4.79 Å². The molecule has 2 aromatic rings. The minimum absolute atomic E-state index is 0.0117. The monoisotopic (exact) mass is 389 g/mol. The number of carbonyl (C=O) groups is 2. The lowest BCUT2D eigenvalue weighted by Crippen LogP contribution is -2.39. The maximum Gasteiger partial charge on any atom is 0.351 e. The highest BCUT2D eigenvalue weighted by molar-refractivity contribution is 7.90. The lowest BCUT2D eigenvalue weighted by atomic mass is 10.2. The number of hydrogen-bond acceptors (Lipinski definition) is 7. The van der Waals surface area contributed by atoms with Crippen LogP contribution in [0.4, 0.5) is 0 Å². The van der Waals surface area contributed by atoms with Crippen LogP contribution in [0.2, 0.25) is 0 Å². The Labute approximate surface area is 155 Å². The van der Waals surface area contributed by atoms with Crippen LogP contribution in [0.1, 0.15) is 10.4 Å². The zero-order valence-corrected chi connectivity index (χ0v) is 14.8. The molecule has 0 N–H and O–H groups in total. The fourth-order valence-corrected chi connectivity index (χ4v) is 4.46. The van der Waals surface area contributed by atoms with Crippen molar-refractivity contribution in [1.29, 1.82) is 0 Å². The van der Waals surface area contributed by atoms with E-state index in [2.05, 4.69) is 0 Å². The van der Waals surface area contributed by atoms with E-state index in [9.17, 15) is 18.0 Å². The van der Waals surface area contributed by atoms with Crippen LogP contribution < -0.4 is 9.47 Å². The molecule has 0 saturated carbocycles. The topological polar surface area (TPSA) is 99.2 Å². The Morgan fingerprint density at radius 1 is 1.11 bits per heavy atom. The summed E-state index contributed by atoms with van der Waals surface area (Å²) in [6.07, 6.45) is -0.956. The summed E-state index contributed by atoms with van der Waals surface area (Å²) in [6.45, 7) is -0.562. The number of esters is 1. The molecule has 2 aliphatic heterocycles. The van der Waals surface area contributed by atoms with E-state index in [1.807, 2.05) is 0 Å². The minimum Gasteiger partial charge on any atom is -0.485 e. The Balaban J connectivity index is 1.37. The largest absolute Gasteiger partial charge is 0.485 e. The van der Waals surface area contributed by atoms with E-state index in [0.29, 0.717) is 15.8 Å². The van der Waals surface area contributed by atoms with E-state index in [0.717, 1.165) is 0 Å². The average Bonchev–Trinajstić information content (AvgIpc) is 2.88. The summed E-state index contributed by atoms with van der Waals surface area (Å²) in [5, 5.41) is 0. The smallest absolute Gasteiger partial charge is 0.351 e. The standard InChI is InChI=1S/C18H15NO7S/c20-17-12-5-1-4-8-16(12)27(22,23)19(17)9-10-24-18(21)15-11-25-13-6-2-3-7-14(13)26-15/h1-8,15H,9-11H2/t15-/m1/s1. The van der Waals surface area contributed by atoms with Gasteiger partial charge in [0.05, 0.1) is 12.1 Å². The first kappa shape index (κ1) is 17.3. The molecule has 2 aliphatic rings. The molecule has 2 aromatic carbocycles. The quantitative estimate of drug-likeness (QED) is 0.725. The normalized spacial score (nSPS) is 19.5. The molecule has 0 aromatic heterocycles. The van der Waals surface area contributed by atoms with Crippen LogP contribution in [-0.2, 0) is 19.6 Å². The number of nitrogens with zero attached hydrogens (tertiary/aromatic N) is 1. The van der Waals surface area contributed by atoms with Crippen molar-refractivity contribution in [2.24, 2.45) is 0 Å². The summed E-state index contributed by atoms with van der Waals surface area (Å²) in [5.74, 6) is -0.356. The fourth-order valence-electron chi connectivity index (χ4n) is 2.91. The number of hydrogen-bond donors (Lipinski definition) is 0. The van der Waals surface area contributed by atoms with Crippen molar-refractivity contribution in [3.8, 4) is 11.5 Å². The van der Waals surface area contributed by atoms with Gasteiger partial charge in [-0.25, -0.2) is 17.5 Å². The first-order chi connectivity index (χ1) is 13.0. The average molecular weight is 389 g/mol. The van der Waals surface area contributed by atoms with E-state index < -0.39 is 28.0 Å². The van der Waals surface area contributed by atoms with E-state index in [-0.39, 0.29) is 30.2 Å². The summed E-state index contributed by atoms with van der Waals surface area (Å²) in [6, 6.07) is 12.9. The van der Waals surface area contributed by atoms with Crippen molar-refractivity contribution in [1.82, 2.24) is 4.31 Å². The van der Waals surface area contributed by atoms with Gasteiger partial charge in [-0.05, 0) is 24.3 Å². The maximum atomic E-state index is 12.4. The van der Waals surface area contributed by atoms with Crippen LogP contribution in [0.25, 0.3) is 0 Å². The Bertz CT molecular complexity index is 1020. The first-order valence-corrected chi connectivity index (χ1v) is 9.64. The molecule has 9 heteroatoms. The Kier molecular flexibility index (Phi) is 4.23. The molecule has 27 heavy (non-hydrogen) atoms. The first-order valence-electron chi connectivity index (χ1n) is 8.20. The molecule has 0 radical (unpaired) electrons. The van der Waals surface area contributed by atoms with E-state index >= 15 is 0 Å². The van der Waals surface area contributed by atoms with Crippen molar-refractivity contribution in [3.05, 3.63) is 54.1 Å². The Hall–Kier alpha value is -3.07. The Morgan fingerprint density at radius 3 is 2.59 bits per heavy atom. The third kappa shape index (κ3) is 2.99. The molecular formula is C18H15NO7S. The van der Waals surface area contributed by atoms with Crippen LogP contribution >= 0.6 is 0 Å². The molecule has 1 atom stereocenters. The molecule has 0 unspecified atom stereocenters. The molecule has 140 valence electrons.